The molecule has 0 bridgehead atoms. The van der Waals surface area contributed by atoms with Crippen molar-refractivity contribution in [3.8, 4) is 22.4 Å². The van der Waals surface area contributed by atoms with Gasteiger partial charge in [-0.1, -0.05) is 18.2 Å². The molecule has 9 heteroatoms. The van der Waals surface area contributed by atoms with Gasteiger partial charge in [-0.15, -0.1) is 0 Å². The fraction of sp³-hybridized carbons (Fsp3) is 0.318. The number of anilines is 1. The van der Waals surface area contributed by atoms with Crippen LogP contribution in [0.25, 0.3) is 22.4 Å². The summed E-state index contributed by atoms with van der Waals surface area (Å²) >= 11 is 0. The third-order valence-corrected chi connectivity index (χ3v) is 5.61. The van der Waals surface area contributed by atoms with Crippen molar-refractivity contribution in [1.29, 1.82) is 0 Å². The number of aromatic nitrogens is 3. The molecule has 1 aliphatic carbocycles. The van der Waals surface area contributed by atoms with E-state index < -0.39 is 23.1 Å². The standard InChI is InChI=1S/C22H21F3N4O2/c1-3-31-20(30)21(8-9-21)16-6-4-13(10-17(16)22(23,24)25)14-5-7-18(27-11-14)15-12-28-29(2)19(15)26/h4-7,10-12H,3,8-9,26H2,1-2H3. The van der Waals surface area contributed by atoms with Crippen LogP contribution < -0.4 is 5.73 Å². The first-order valence-electron chi connectivity index (χ1n) is 9.80. The molecule has 2 N–H and O–H groups in total. The number of pyridine rings is 1. The Morgan fingerprint density at radius 3 is 2.42 bits per heavy atom. The molecule has 1 aliphatic rings. The van der Waals surface area contributed by atoms with Gasteiger partial charge in [0.05, 0.1) is 35.0 Å². The van der Waals surface area contributed by atoms with Gasteiger partial charge in [-0.25, -0.2) is 0 Å². The number of esters is 1. The number of benzene rings is 1. The molecule has 1 aromatic carbocycles. The van der Waals surface area contributed by atoms with Gasteiger partial charge >= 0.3 is 12.1 Å². The van der Waals surface area contributed by atoms with Gasteiger partial charge < -0.3 is 10.5 Å². The van der Waals surface area contributed by atoms with Gasteiger partial charge in [-0.2, -0.15) is 18.3 Å². The highest BCUT2D eigenvalue weighted by Crippen LogP contribution is 2.53. The number of hydrogen-bond acceptors (Lipinski definition) is 5. The first kappa shape index (κ1) is 20.9. The van der Waals surface area contributed by atoms with Gasteiger partial charge in [0.15, 0.2) is 0 Å². The fourth-order valence-electron chi connectivity index (χ4n) is 3.72. The normalized spacial score (nSPS) is 15.0. The lowest BCUT2D eigenvalue weighted by molar-refractivity contribution is -0.147. The zero-order valence-electron chi connectivity index (χ0n) is 17.0. The second-order valence-electron chi connectivity index (χ2n) is 7.56. The smallest absolute Gasteiger partial charge is 0.416 e. The van der Waals surface area contributed by atoms with Gasteiger partial charge in [-0.05, 0) is 43.0 Å². The lowest BCUT2D eigenvalue weighted by Crippen LogP contribution is -2.26. The molecule has 2 heterocycles. The number of halogens is 3. The highest BCUT2D eigenvalue weighted by atomic mass is 19.4. The summed E-state index contributed by atoms with van der Waals surface area (Å²) in [6, 6.07) is 7.41. The molecule has 0 radical (unpaired) electrons. The van der Waals surface area contributed by atoms with Crippen LogP contribution in [0, 0.1) is 0 Å². The Morgan fingerprint density at radius 2 is 1.90 bits per heavy atom. The summed E-state index contributed by atoms with van der Waals surface area (Å²) in [6.45, 7) is 1.76. The molecule has 1 saturated carbocycles. The first-order chi connectivity index (χ1) is 14.7. The highest BCUT2D eigenvalue weighted by Gasteiger charge is 2.56. The second kappa shape index (κ2) is 7.40. The van der Waals surface area contributed by atoms with Crippen LogP contribution in [0.15, 0.2) is 42.7 Å². The molecule has 0 aliphatic heterocycles. The minimum atomic E-state index is -4.61. The molecule has 3 aromatic rings. The van der Waals surface area contributed by atoms with Crippen LogP contribution in [0.3, 0.4) is 0 Å². The summed E-state index contributed by atoms with van der Waals surface area (Å²) in [5, 5.41) is 4.07. The molecule has 0 amide bonds. The third-order valence-electron chi connectivity index (χ3n) is 5.61. The molecular formula is C22H21F3N4O2. The maximum atomic E-state index is 13.9. The van der Waals surface area contributed by atoms with Gasteiger partial charge in [0.2, 0.25) is 0 Å². The quantitative estimate of drug-likeness (QED) is 0.609. The Hall–Kier alpha value is -3.36. The summed E-state index contributed by atoms with van der Waals surface area (Å²) in [4.78, 5) is 16.7. The summed E-state index contributed by atoms with van der Waals surface area (Å²) in [5.41, 5.74) is 5.98. The Balaban J connectivity index is 1.72. The van der Waals surface area contributed by atoms with Gasteiger partial charge in [0.25, 0.3) is 0 Å². The number of nitrogen functional groups attached to an aromatic ring is 1. The number of rotatable bonds is 5. The number of ether oxygens (including phenoxy) is 1. The van der Waals surface area contributed by atoms with E-state index in [1.165, 1.54) is 16.9 Å². The third kappa shape index (κ3) is 3.64. The number of carbonyl (C=O) groups is 1. The SMILES string of the molecule is CCOC(=O)C1(c2ccc(-c3ccc(-c4cnn(C)c4N)nc3)cc2C(F)(F)F)CC1. The molecule has 0 unspecified atom stereocenters. The van der Waals surface area contributed by atoms with E-state index >= 15 is 0 Å². The van der Waals surface area contributed by atoms with Crippen molar-refractivity contribution in [2.24, 2.45) is 7.05 Å². The van der Waals surface area contributed by atoms with Crippen molar-refractivity contribution < 1.29 is 22.7 Å². The van der Waals surface area contributed by atoms with E-state index in [1.807, 2.05) is 0 Å². The lowest BCUT2D eigenvalue weighted by atomic mass is 9.88. The molecular weight excluding hydrogens is 409 g/mol. The molecule has 31 heavy (non-hydrogen) atoms. The zero-order valence-corrected chi connectivity index (χ0v) is 17.0. The molecule has 0 atom stereocenters. The average molecular weight is 430 g/mol. The van der Waals surface area contributed by atoms with E-state index in [9.17, 15) is 18.0 Å². The molecule has 2 aromatic heterocycles. The molecule has 0 saturated heterocycles. The molecule has 1 fully saturated rings. The van der Waals surface area contributed by atoms with Gasteiger partial charge in [0.1, 0.15) is 5.82 Å². The van der Waals surface area contributed by atoms with Crippen molar-refractivity contribution >= 4 is 11.8 Å². The predicted octanol–water partition coefficient (Wildman–Crippen LogP) is 4.34. The van der Waals surface area contributed by atoms with Crippen molar-refractivity contribution in [1.82, 2.24) is 14.8 Å². The number of aryl methyl sites for hydroxylation is 1. The minimum Gasteiger partial charge on any atom is -0.465 e. The molecule has 6 nitrogen and oxygen atoms in total. The topological polar surface area (TPSA) is 83.0 Å². The second-order valence-corrected chi connectivity index (χ2v) is 7.56. The Morgan fingerprint density at radius 1 is 1.19 bits per heavy atom. The summed E-state index contributed by atoms with van der Waals surface area (Å²) in [7, 11) is 1.70. The van der Waals surface area contributed by atoms with E-state index in [0.717, 1.165) is 6.07 Å². The van der Waals surface area contributed by atoms with Crippen LogP contribution in [-0.4, -0.2) is 27.3 Å². The first-order valence-corrected chi connectivity index (χ1v) is 9.80. The van der Waals surface area contributed by atoms with E-state index in [-0.39, 0.29) is 12.2 Å². The van der Waals surface area contributed by atoms with Crippen molar-refractivity contribution in [2.75, 3.05) is 12.3 Å². The van der Waals surface area contributed by atoms with Crippen molar-refractivity contribution in [2.45, 2.75) is 31.4 Å². The fourth-order valence-corrected chi connectivity index (χ4v) is 3.72. The van der Waals surface area contributed by atoms with E-state index in [2.05, 4.69) is 10.1 Å². The zero-order chi connectivity index (χ0) is 22.4. The molecule has 4 rings (SSSR count). The number of nitrogens with zero attached hydrogens (tertiary/aromatic N) is 3. The van der Waals surface area contributed by atoms with Crippen LogP contribution >= 0.6 is 0 Å². The maximum Gasteiger partial charge on any atom is 0.416 e. The summed E-state index contributed by atoms with van der Waals surface area (Å²) < 4.78 is 48.2. The van der Waals surface area contributed by atoms with Crippen LogP contribution in [0.4, 0.5) is 19.0 Å². The summed E-state index contributed by atoms with van der Waals surface area (Å²) in [5.74, 6) is -0.161. The minimum absolute atomic E-state index is 0.0325. The van der Waals surface area contributed by atoms with Gasteiger partial charge in [0, 0.05) is 18.8 Å². The van der Waals surface area contributed by atoms with Gasteiger partial charge in [-0.3, -0.25) is 14.5 Å². The number of carbonyl (C=O) groups excluding carboxylic acids is 1. The largest absolute Gasteiger partial charge is 0.465 e. The predicted molar refractivity (Wildman–Crippen MR) is 109 cm³/mol. The highest BCUT2D eigenvalue weighted by molar-refractivity contribution is 5.87. The summed E-state index contributed by atoms with van der Waals surface area (Å²) in [6.07, 6.45) is -0.841. The van der Waals surface area contributed by atoms with Crippen LogP contribution in [-0.2, 0) is 28.2 Å². The lowest BCUT2D eigenvalue weighted by Gasteiger charge is -2.21. The Labute approximate surface area is 176 Å². The van der Waals surface area contributed by atoms with E-state index in [0.29, 0.717) is 41.0 Å². The maximum absolute atomic E-state index is 13.9. The Kier molecular flexibility index (Phi) is 4.99. The molecule has 0 spiro atoms. The number of nitrogens with two attached hydrogens (primary N) is 1. The number of alkyl halides is 3. The van der Waals surface area contributed by atoms with Crippen LogP contribution in [0.2, 0.25) is 0 Å². The van der Waals surface area contributed by atoms with Crippen molar-refractivity contribution in [3.63, 3.8) is 0 Å². The van der Waals surface area contributed by atoms with Crippen molar-refractivity contribution in [3.05, 3.63) is 53.9 Å². The van der Waals surface area contributed by atoms with E-state index in [1.54, 1.807) is 38.4 Å². The Bertz CT molecular complexity index is 1130. The number of hydrogen-bond donors (Lipinski definition) is 1. The van der Waals surface area contributed by atoms with E-state index in [4.69, 9.17) is 10.5 Å². The van der Waals surface area contributed by atoms with Crippen LogP contribution in [0.1, 0.15) is 30.9 Å². The van der Waals surface area contributed by atoms with Crippen LogP contribution in [0.5, 0.6) is 0 Å². The average Bonchev–Trinajstić information content (AvgIpc) is 3.49. The molecule has 162 valence electrons. The monoisotopic (exact) mass is 430 g/mol.